The van der Waals surface area contributed by atoms with Gasteiger partial charge in [-0.25, -0.2) is 0 Å². The second-order valence-electron chi connectivity index (χ2n) is 5.69. The summed E-state index contributed by atoms with van der Waals surface area (Å²) >= 11 is 0. The molecule has 0 aromatic carbocycles. The van der Waals surface area contributed by atoms with Crippen LogP contribution in [-0.2, 0) is 4.79 Å². The molecular weight excluding hydrogens is 242 g/mol. The van der Waals surface area contributed by atoms with Gasteiger partial charge in [-0.2, -0.15) is 5.10 Å². The number of hydrazone groups is 1. The van der Waals surface area contributed by atoms with Crippen LogP contribution in [0.15, 0.2) is 10.1 Å². The van der Waals surface area contributed by atoms with E-state index in [2.05, 4.69) is 36.1 Å². The van der Waals surface area contributed by atoms with Gasteiger partial charge in [-0.15, -0.1) is 0 Å². The first-order chi connectivity index (χ1) is 8.83. The molecule has 0 heterocycles. The molecule has 0 amide bonds. The first-order valence-corrected chi connectivity index (χ1v) is 6.74. The van der Waals surface area contributed by atoms with Crippen LogP contribution in [-0.4, -0.2) is 30.7 Å². The summed E-state index contributed by atoms with van der Waals surface area (Å²) in [6.07, 6.45) is 1.39. The lowest BCUT2D eigenvalue weighted by atomic mass is 9.80. The molecule has 0 spiro atoms. The molecule has 5 nitrogen and oxygen atoms in total. The Hall–Kier alpha value is -1.39. The maximum absolute atomic E-state index is 11.6. The van der Waals surface area contributed by atoms with Crippen LogP contribution in [0, 0.1) is 23.7 Å². The molecule has 0 unspecified atom stereocenters. The van der Waals surface area contributed by atoms with Crippen molar-refractivity contribution < 1.29 is 9.90 Å². The van der Waals surface area contributed by atoms with E-state index >= 15 is 0 Å². The third-order valence-electron chi connectivity index (χ3n) is 3.04. The first-order valence-electron chi connectivity index (χ1n) is 6.74. The predicted octanol–water partition coefficient (Wildman–Crippen LogP) is 2.63. The molecule has 0 aromatic rings. The molecule has 0 aliphatic heterocycles. The highest BCUT2D eigenvalue weighted by atomic mass is 16.4. The van der Waals surface area contributed by atoms with Gasteiger partial charge in [-0.3, -0.25) is 15.2 Å². The topological polar surface area (TPSA) is 74.0 Å². The Morgan fingerprint density at radius 2 is 1.63 bits per heavy atom. The van der Waals surface area contributed by atoms with Crippen molar-refractivity contribution in [2.45, 2.75) is 40.5 Å². The number of carboxylic acids is 1. The standard InChI is InChI=1S/C14H27N3O2/c1-9(2)7-11(13(15-5)17-16-6)12(14(18)19)8-10(3)4/h9-12H,6-8H2,1-5H3,(H,15,17)(H,18,19)/t11-,12-/m0/s1. The van der Waals surface area contributed by atoms with E-state index in [1.807, 2.05) is 13.8 Å². The highest BCUT2D eigenvalue weighted by Gasteiger charge is 2.32. The normalized spacial score (nSPS) is 15.4. The van der Waals surface area contributed by atoms with Gasteiger partial charge in [0.15, 0.2) is 0 Å². The van der Waals surface area contributed by atoms with Gasteiger partial charge in [-0.1, -0.05) is 27.7 Å². The van der Waals surface area contributed by atoms with Crippen LogP contribution in [0.2, 0.25) is 0 Å². The number of nitrogens with one attached hydrogen (secondary N) is 1. The summed E-state index contributed by atoms with van der Waals surface area (Å²) in [5.74, 6) is -0.0539. The van der Waals surface area contributed by atoms with Crippen LogP contribution >= 0.6 is 0 Å². The van der Waals surface area contributed by atoms with Crippen LogP contribution < -0.4 is 5.43 Å². The van der Waals surface area contributed by atoms with Crippen molar-refractivity contribution in [2.75, 3.05) is 7.05 Å². The molecule has 0 saturated carbocycles. The second kappa shape index (κ2) is 8.67. The zero-order valence-corrected chi connectivity index (χ0v) is 12.7. The summed E-state index contributed by atoms with van der Waals surface area (Å²) in [6.45, 7) is 11.6. The average Bonchev–Trinajstić information content (AvgIpc) is 2.29. The Kier molecular flexibility index (Phi) is 8.03. The van der Waals surface area contributed by atoms with E-state index in [1.165, 1.54) is 0 Å². The van der Waals surface area contributed by atoms with Gasteiger partial charge in [0.2, 0.25) is 0 Å². The zero-order valence-electron chi connectivity index (χ0n) is 12.7. The highest BCUT2D eigenvalue weighted by molar-refractivity contribution is 5.88. The van der Waals surface area contributed by atoms with Gasteiger partial charge in [0, 0.05) is 19.7 Å². The molecular formula is C14H27N3O2. The van der Waals surface area contributed by atoms with Gasteiger partial charge < -0.3 is 5.11 Å². The van der Waals surface area contributed by atoms with Crippen molar-refractivity contribution >= 4 is 18.5 Å². The molecule has 2 N–H and O–H groups in total. The molecule has 2 atom stereocenters. The molecule has 0 fully saturated rings. The Balaban J connectivity index is 5.26. The third-order valence-corrected chi connectivity index (χ3v) is 3.04. The average molecular weight is 269 g/mol. The van der Waals surface area contributed by atoms with E-state index in [-0.39, 0.29) is 5.92 Å². The lowest BCUT2D eigenvalue weighted by Gasteiger charge is -2.27. The summed E-state index contributed by atoms with van der Waals surface area (Å²) in [7, 11) is 1.65. The molecule has 0 aliphatic carbocycles. The van der Waals surface area contributed by atoms with E-state index in [9.17, 15) is 9.90 Å². The minimum atomic E-state index is -0.772. The Morgan fingerprint density at radius 1 is 1.16 bits per heavy atom. The maximum atomic E-state index is 11.6. The smallest absolute Gasteiger partial charge is 0.307 e. The molecule has 0 saturated heterocycles. The van der Waals surface area contributed by atoms with Gasteiger partial charge in [0.05, 0.1) is 5.92 Å². The number of carbonyl (C=O) groups is 1. The number of rotatable bonds is 8. The van der Waals surface area contributed by atoms with E-state index in [0.717, 1.165) is 6.42 Å². The molecule has 110 valence electrons. The van der Waals surface area contributed by atoms with Gasteiger partial charge in [0.25, 0.3) is 0 Å². The fraction of sp³-hybridized carbons (Fsp3) is 0.786. The fourth-order valence-corrected chi connectivity index (χ4v) is 2.30. The summed E-state index contributed by atoms with van der Waals surface area (Å²) < 4.78 is 0. The minimum Gasteiger partial charge on any atom is -0.481 e. The maximum Gasteiger partial charge on any atom is 0.307 e. The lowest BCUT2D eigenvalue weighted by Crippen LogP contribution is -2.37. The number of aliphatic carboxylic acids is 1. The quantitative estimate of drug-likeness (QED) is 0.404. The van der Waals surface area contributed by atoms with Gasteiger partial charge in [0.1, 0.15) is 5.84 Å². The van der Waals surface area contributed by atoms with Crippen LogP contribution in [0.4, 0.5) is 0 Å². The van der Waals surface area contributed by atoms with E-state index in [1.54, 1.807) is 7.05 Å². The van der Waals surface area contributed by atoms with E-state index in [0.29, 0.717) is 24.1 Å². The van der Waals surface area contributed by atoms with Gasteiger partial charge >= 0.3 is 5.97 Å². The van der Waals surface area contributed by atoms with Crippen LogP contribution in [0.1, 0.15) is 40.5 Å². The lowest BCUT2D eigenvalue weighted by molar-refractivity contribution is -0.143. The number of amidine groups is 1. The fourth-order valence-electron chi connectivity index (χ4n) is 2.30. The summed E-state index contributed by atoms with van der Waals surface area (Å²) in [5, 5.41) is 13.1. The molecule has 19 heavy (non-hydrogen) atoms. The van der Waals surface area contributed by atoms with Crippen molar-refractivity contribution in [3.63, 3.8) is 0 Å². The molecule has 0 rings (SSSR count). The number of nitrogens with zero attached hydrogens (tertiary/aromatic N) is 2. The molecule has 5 heteroatoms. The van der Waals surface area contributed by atoms with E-state index in [4.69, 9.17) is 0 Å². The van der Waals surface area contributed by atoms with Crippen molar-refractivity contribution in [2.24, 2.45) is 33.8 Å². The van der Waals surface area contributed by atoms with Crippen LogP contribution in [0.3, 0.4) is 0 Å². The van der Waals surface area contributed by atoms with Crippen molar-refractivity contribution in [1.29, 1.82) is 0 Å². The summed E-state index contributed by atoms with van der Waals surface area (Å²) in [6, 6.07) is 0. The second-order valence-corrected chi connectivity index (χ2v) is 5.69. The molecule has 0 aliphatic rings. The zero-order chi connectivity index (χ0) is 15.0. The van der Waals surface area contributed by atoms with Crippen molar-refractivity contribution in [3.8, 4) is 0 Å². The minimum absolute atomic E-state index is 0.157. The molecule has 0 aromatic heterocycles. The number of hydrogen-bond acceptors (Lipinski definition) is 3. The molecule has 0 radical (unpaired) electrons. The monoisotopic (exact) mass is 269 g/mol. The first kappa shape index (κ1) is 17.6. The third kappa shape index (κ3) is 6.36. The SMILES string of the molecule is C=NNC(=NC)[C@@H](CC(C)C)[C@H](CC(C)C)C(=O)O. The number of aliphatic imine (C=N–C) groups is 1. The van der Waals surface area contributed by atoms with Crippen LogP contribution in [0.25, 0.3) is 0 Å². The Morgan fingerprint density at radius 3 is 1.95 bits per heavy atom. The predicted molar refractivity (Wildman–Crippen MR) is 79.6 cm³/mol. The van der Waals surface area contributed by atoms with Crippen molar-refractivity contribution in [1.82, 2.24) is 5.43 Å². The summed E-state index contributed by atoms with van der Waals surface area (Å²) in [4.78, 5) is 15.7. The largest absolute Gasteiger partial charge is 0.481 e. The Labute approximate surface area is 116 Å². The van der Waals surface area contributed by atoms with Crippen LogP contribution in [0.5, 0.6) is 0 Å². The van der Waals surface area contributed by atoms with E-state index < -0.39 is 11.9 Å². The Bertz CT molecular complexity index is 325. The summed E-state index contributed by atoms with van der Waals surface area (Å²) in [5.41, 5.74) is 2.75. The van der Waals surface area contributed by atoms with Gasteiger partial charge in [-0.05, 0) is 24.7 Å². The molecule has 0 bridgehead atoms. The number of carboxylic acid groups (broad SMARTS) is 1. The number of hydrogen-bond donors (Lipinski definition) is 2. The van der Waals surface area contributed by atoms with Crippen molar-refractivity contribution in [3.05, 3.63) is 0 Å². The highest BCUT2D eigenvalue weighted by Crippen LogP contribution is 2.27.